The van der Waals surface area contributed by atoms with Crippen molar-refractivity contribution in [1.29, 1.82) is 0 Å². The molecular weight excluding hydrogens is 188 g/mol. The van der Waals surface area contributed by atoms with Crippen molar-refractivity contribution in [1.82, 2.24) is 9.78 Å². The Morgan fingerprint density at radius 2 is 2.07 bits per heavy atom. The van der Waals surface area contributed by atoms with Gasteiger partial charge >= 0.3 is 0 Å². The molecule has 3 heteroatoms. The molecule has 3 nitrogen and oxygen atoms in total. The van der Waals surface area contributed by atoms with E-state index in [0.717, 1.165) is 23.4 Å². The second kappa shape index (κ2) is 4.60. The highest BCUT2D eigenvalue weighted by molar-refractivity contribution is 5.83. The zero-order chi connectivity index (χ0) is 11.6. The van der Waals surface area contributed by atoms with E-state index in [0.29, 0.717) is 12.2 Å². The minimum Gasteiger partial charge on any atom is -0.299 e. The fourth-order valence-electron chi connectivity index (χ4n) is 1.65. The first-order valence-electron chi connectivity index (χ1n) is 5.49. The van der Waals surface area contributed by atoms with Gasteiger partial charge in [-0.3, -0.25) is 9.48 Å². The van der Waals surface area contributed by atoms with Crippen molar-refractivity contribution in [2.45, 2.75) is 40.5 Å². The van der Waals surface area contributed by atoms with Crippen LogP contribution in [0.4, 0.5) is 0 Å². The van der Waals surface area contributed by atoms with Crippen molar-refractivity contribution in [3.63, 3.8) is 0 Å². The molecule has 0 radical (unpaired) electrons. The molecule has 1 heterocycles. The second-order valence-electron chi connectivity index (χ2n) is 4.23. The van der Waals surface area contributed by atoms with Crippen LogP contribution in [-0.4, -0.2) is 15.6 Å². The number of nitrogens with zero attached hydrogens (tertiary/aromatic N) is 2. The Labute approximate surface area is 91.5 Å². The molecule has 1 unspecified atom stereocenters. The summed E-state index contributed by atoms with van der Waals surface area (Å²) in [7, 11) is 1.92. The first-order chi connectivity index (χ1) is 6.97. The van der Waals surface area contributed by atoms with Gasteiger partial charge in [0.2, 0.25) is 0 Å². The van der Waals surface area contributed by atoms with Crippen LogP contribution in [0.2, 0.25) is 0 Å². The number of aromatic nitrogens is 2. The number of ketones is 1. The number of hydrogen-bond donors (Lipinski definition) is 0. The predicted molar refractivity (Wildman–Crippen MR) is 60.8 cm³/mol. The van der Waals surface area contributed by atoms with E-state index in [1.807, 2.05) is 39.4 Å². The summed E-state index contributed by atoms with van der Waals surface area (Å²) in [6.45, 7) is 8.01. The van der Waals surface area contributed by atoms with Gasteiger partial charge in [0.05, 0.1) is 5.69 Å². The summed E-state index contributed by atoms with van der Waals surface area (Å²) < 4.78 is 1.84. The van der Waals surface area contributed by atoms with Crippen molar-refractivity contribution in [3.05, 3.63) is 17.0 Å². The third-order valence-corrected chi connectivity index (χ3v) is 3.17. The van der Waals surface area contributed by atoms with Gasteiger partial charge in [-0.2, -0.15) is 5.10 Å². The number of carbonyl (C=O) groups is 1. The molecule has 0 bridgehead atoms. The van der Waals surface area contributed by atoms with Gasteiger partial charge in [0, 0.05) is 30.6 Å². The Balaban J connectivity index is 2.85. The smallest absolute Gasteiger partial charge is 0.140 e. The Morgan fingerprint density at radius 3 is 2.47 bits per heavy atom. The van der Waals surface area contributed by atoms with Gasteiger partial charge in [-0.1, -0.05) is 13.8 Å². The summed E-state index contributed by atoms with van der Waals surface area (Å²) in [5, 5.41) is 4.31. The summed E-state index contributed by atoms with van der Waals surface area (Å²) in [6, 6.07) is 0. The Kier molecular flexibility index (Phi) is 3.66. The topological polar surface area (TPSA) is 34.9 Å². The van der Waals surface area contributed by atoms with Crippen molar-refractivity contribution < 1.29 is 4.79 Å². The molecule has 0 aromatic carbocycles. The molecule has 0 saturated carbocycles. The van der Waals surface area contributed by atoms with E-state index in [-0.39, 0.29) is 5.92 Å². The van der Waals surface area contributed by atoms with Crippen LogP contribution in [0.1, 0.15) is 37.2 Å². The molecule has 0 amide bonds. The van der Waals surface area contributed by atoms with E-state index in [1.54, 1.807) is 0 Å². The first-order valence-corrected chi connectivity index (χ1v) is 5.49. The number of rotatable bonds is 4. The highest BCUT2D eigenvalue weighted by atomic mass is 16.1. The minimum absolute atomic E-state index is 0.156. The molecule has 0 aliphatic rings. The lowest BCUT2D eigenvalue weighted by Crippen LogP contribution is -2.13. The summed E-state index contributed by atoms with van der Waals surface area (Å²) >= 11 is 0. The molecule has 0 saturated heterocycles. The van der Waals surface area contributed by atoms with E-state index in [2.05, 4.69) is 5.10 Å². The Bertz CT molecular complexity index is 366. The van der Waals surface area contributed by atoms with E-state index in [4.69, 9.17) is 0 Å². The Morgan fingerprint density at radius 1 is 1.47 bits per heavy atom. The lowest BCUT2D eigenvalue weighted by Gasteiger charge is -2.07. The summed E-state index contributed by atoms with van der Waals surface area (Å²) in [4.78, 5) is 11.8. The summed E-state index contributed by atoms with van der Waals surface area (Å²) in [5.74, 6) is 0.473. The normalized spacial score (nSPS) is 12.9. The van der Waals surface area contributed by atoms with Crippen molar-refractivity contribution in [2.24, 2.45) is 13.0 Å². The van der Waals surface area contributed by atoms with Crippen LogP contribution in [0.3, 0.4) is 0 Å². The number of aryl methyl sites for hydroxylation is 2. The maximum absolute atomic E-state index is 11.8. The molecule has 15 heavy (non-hydrogen) atoms. The van der Waals surface area contributed by atoms with Crippen LogP contribution >= 0.6 is 0 Å². The molecule has 0 spiro atoms. The highest BCUT2D eigenvalue weighted by Crippen LogP contribution is 2.15. The van der Waals surface area contributed by atoms with Gasteiger partial charge in [-0.15, -0.1) is 0 Å². The molecule has 84 valence electrons. The SMILES string of the molecule is CCC(C)C(=O)Cc1c(C)nn(C)c1C. The van der Waals surface area contributed by atoms with Gasteiger partial charge in [0.1, 0.15) is 5.78 Å². The summed E-state index contributed by atoms with van der Waals surface area (Å²) in [5.41, 5.74) is 3.18. The molecule has 1 rings (SSSR count). The molecule has 0 N–H and O–H groups in total. The van der Waals surface area contributed by atoms with Crippen LogP contribution in [0.15, 0.2) is 0 Å². The lowest BCUT2D eigenvalue weighted by molar-refractivity contribution is -0.121. The first kappa shape index (κ1) is 12.0. The third-order valence-electron chi connectivity index (χ3n) is 3.17. The van der Waals surface area contributed by atoms with Gasteiger partial charge in [0.15, 0.2) is 0 Å². The fourth-order valence-corrected chi connectivity index (χ4v) is 1.65. The largest absolute Gasteiger partial charge is 0.299 e. The van der Waals surface area contributed by atoms with Gasteiger partial charge in [0.25, 0.3) is 0 Å². The zero-order valence-electron chi connectivity index (χ0n) is 10.3. The fraction of sp³-hybridized carbons (Fsp3) is 0.667. The molecule has 1 aromatic rings. The average molecular weight is 208 g/mol. The van der Waals surface area contributed by atoms with Crippen LogP contribution < -0.4 is 0 Å². The van der Waals surface area contributed by atoms with Crippen LogP contribution in [0.25, 0.3) is 0 Å². The van der Waals surface area contributed by atoms with Crippen LogP contribution in [0, 0.1) is 19.8 Å². The van der Waals surface area contributed by atoms with Crippen molar-refractivity contribution in [2.75, 3.05) is 0 Å². The van der Waals surface area contributed by atoms with Crippen molar-refractivity contribution >= 4 is 5.78 Å². The van der Waals surface area contributed by atoms with Gasteiger partial charge in [-0.05, 0) is 20.3 Å². The van der Waals surface area contributed by atoms with E-state index in [9.17, 15) is 4.79 Å². The zero-order valence-corrected chi connectivity index (χ0v) is 10.3. The molecular formula is C12H20N2O. The van der Waals surface area contributed by atoms with E-state index < -0.39 is 0 Å². The molecule has 1 aromatic heterocycles. The van der Waals surface area contributed by atoms with Gasteiger partial charge in [-0.25, -0.2) is 0 Å². The van der Waals surface area contributed by atoms with Crippen LogP contribution in [-0.2, 0) is 18.3 Å². The highest BCUT2D eigenvalue weighted by Gasteiger charge is 2.16. The maximum atomic E-state index is 11.8. The second-order valence-corrected chi connectivity index (χ2v) is 4.23. The Hall–Kier alpha value is -1.12. The predicted octanol–water partition coefficient (Wildman–Crippen LogP) is 2.19. The molecule has 1 atom stereocenters. The molecule has 0 aliphatic carbocycles. The number of Topliss-reactive ketones (excluding diaryl/α,β-unsaturated/α-hetero) is 1. The minimum atomic E-state index is 0.156. The lowest BCUT2D eigenvalue weighted by atomic mass is 9.96. The number of carbonyl (C=O) groups excluding carboxylic acids is 1. The molecule has 0 fully saturated rings. The van der Waals surface area contributed by atoms with E-state index >= 15 is 0 Å². The standard InChI is InChI=1S/C12H20N2O/c1-6-8(2)12(15)7-11-9(3)13-14(5)10(11)4/h8H,6-7H2,1-5H3. The third kappa shape index (κ3) is 2.46. The molecule has 0 aliphatic heterocycles. The van der Waals surface area contributed by atoms with Gasteiger partial charge < -0.3 is 0 Å². The monoisotopic (exact) mass is 208 g/mol. The summed E-state index contributed by atoms with van der Waals surface area (Å²) in [6.07, 6.45) is 1.44. The average Bonchev–Trinajstić information content (AvgIpc) is 2.43. The maximum Gasteiger partial charge on any atom is 0.140 e. The van der Waals surface area contributed by atoms with Crippen LogP contribution in [0.5, 0.6) is 0 Å². The number of hydrogen-bond acceptors (Lipinski definition) is 2. The van der Waals surface area contributed by atoms with Crippen molar-refractivity contribution in [3.8, 4) is 0 Å². The van der Waals surface area contributed by atoms with E-state index in [1.165, 1.54) is 0 Å². The quantitative estimate of drug-likeness (QED) is 0.760.